The summed E-state index contributed by atoms with van der Waals surface area (Å²) in [6.45, 7) is 14.6. The zero-order valence-corrected chi connectivity index (χ0v) is 42.3. The predicted molar refractivity (Wildman–Crippen MR) is 258 cm³/mol. The van der Waals surface area contributed by atoms with Crippen molar-refractivity contribution in [2.75, 3.05) is 6.61 Å². The number of hydrogen-bond donors (Lipinski definition) is 1. The van der Waals surface area contributed by atoms with Gasteiger partial charge in [-0.25, -0.2) is 9.59 Å². The number of amides is 1. The zero-order valence-electron chi connectivity index (χ0n) is 42.3. The quantitative estimate of drug-likeness (QED) is 0.0361. The molecule has 0 radical (unpaired) electrons. The van der Waals surface area contributed by atoms with Crippen molar-refractivity contribution < 1.29 is 42.9 Å². The van der Waals surface area contributed by atoms with Crippen molar-refractivity contribution in [2.45, 2.75) is 303 Å². The molecule has 0 saturated carbocycles. The summed E-state index contributed by atoms with van der Waals surface area (Å²) in [4.78, 5) is 64.6. The molecule has 10 heteroatoms. The number of rotatable bonds is 42. The van der Waals surface area contributed by atoms with Crippen LogP contribution < -0.4 is 5.32 Å². The molecular formula is C53H99NO9. The van der Waals surface area contributed by atoms with Crippen LogP contribution in [0.2, 0.25) is 0 Å². The topological polar surface area (TPSA) is 134 Å². The summed E-state index contributed by atoms with van der Waals surface area (Å²) in [7, 11) is 0. The van der Waals surface area contributed by atoms with E-state index in [4.69, 9.17) is 18.9 Å². The first kappa shape index (κ1) is 60.4. The smallest absolute Gasteiger partial charge is 0.408 e. The molecule has 0 saturated heterocycles. The normalized spacial score (nSPS) is 12.7. The van der Waals surface area contributed by atoms with Gasteiger partial charge in [0.05, 0.1) is 0 Å². The first-order valence-electron chi connectivity index (χ1n) is 26.2. The van der Waals surface area contributed by atoms with Crippen LogP contribution in [0.25, 0.3) is 0 Å². The van der Waals surface area contributed by atoms with Gasteiger partial charge in [-0.3, -0.25) is 14.4 Å². The van der Waals surface area contributed by atoms with Crippen LogP contribution in [0.3, 0.4) is 0 Å². The lowest BCUT2D eigenvalue weighted by molar-refractivity contribution is -0.160. The van der Waals surface area contributed by atoms with Crippen molar-refractivity contribution in [1.82, 2.24) is 5.32 Å². The average Bonchev–Trinajstić information content (AvgIpc) is 3.20. The highest BCUT2D eigenvalue weighted by Gasteiger charge is 2.31. The Morgan fingerprint density at radius 2 is 0.794 bits per heavy atom. The molecule has 0 aliphatic heterocycles. The molecule has 1 amide bonds. The molecule has 0 aromatic carbocycles. The molecule has 2 atom stereocenters. The van der Waals surface area contributed by atoms with E-state index in [0.717, 1.165) is 38.5 Å². The number of nitrogens with one attached hydrogen (secondary N) is 1. The van der Waals surface area contributed by atoms with Gasteiger partial charge in [-0.15, -0.1) is 0 Å². The fraction of sp³-hybridized carbons (Fsp3) is 0.906. The number of esters is 3. The van der Waals surface area contributed by atoms with Gasteiger partial charge in [-0.2, -0.15) is 0 Å². The Kier molecular flexibility index (Phi) is 38.0. The summed E-state index contributed by atoms with van der Waals surface area (Å²) in [5.74, 6) is -1.81. The van der Waals surface area contributed by atoms with E-state index in [1.165, 1.54) is 154 Å². The van der Waals surface area contributed by atoms with Crippen LogP contribution in [-0.2, 0) is 38.1 Å². The summed E-state index contributed by atoms with van der Waals surface area (Å²) >= 11 is 0. The van der Waals surface area contributed by atoms with Crippen molar-refractivity contribution in [1.29, 1.82) is 0 Å². The summed E-state index contributed by atoms with van der Waals surface area (Å²) < 4.78 is 22.2. The molecule has 2 unspecified atom stereocenters. The van der Waals surface area contributed by atoms with Crippen LogP contribution in [0.4, 0.5) is 4.79 Å². The Labute approximate surface area is 387 Å². The van der Waals surface area contributed by atoms with Gasteiger partial charge in [0.1, 0.15) is 35.7 Å². The molecule has 1 N–H and O–H groups in total. The maximum Gasteiger partial charge on any atom is 0.408 e. The van der Waals surface area contributed by atoms with Crippen LogP contribution in [-0.4, -0.2) is 59.7 Å². The molecular weight excluding hydrogens is 795 g/mol. The second kappa shape index (κ2) is 39.7. The van der Waals surface area contributed by atoms with Crippen LogP contribution in [0.1, 0.15) is 280 Å². The highest BCUT2D eigenvalue weighted by atomic mass is 16.6. The van der Waals surface area contributed by atoms with Gasteiger partial charge in [0.15, 0.2) is 0 Å². The van der Waals surface area contributed by atoms with Gasteiger partial charge in [0, 0.05) is 25.7 Å². The number of Topliss-reactive ketones (excluding diaryl/α,β-unsaturated/α-hetero) is 1. The van der Waals surface area contributed by atoms with E-state index in [-0.39, 0.29) is 50.0 Å². The van der Waals surface area contributed by atoms with E-state index < -0.39 is 35.4 Å². The monoisotopic (exact) mass is 894 g/mol. The molecule has 0 spiro atoms. The van der Waals surface area contributed by atoms with E-state index in [0.29, 0.717) is 6.42 Å². The summed E-state index contributed by atoms with van der Waals surface area (Å²) in [6.07, 6.45) is 35.9. The number of hydrogen-bond acceptors (Lipinski definition) is 9. The van der Waals surface area contributed by atoms with Gasteiger partial charge in [-0.05, 0) is 60.8 Å². The van der Waals surface area contributed by atoms with E-state index in [1.54, 1.807) is 41.5 Å². The molecule has 10 nitrogen and oxygen atoms in total. The van der Waals surface area contributed by atoms with Gasteiger partial charge in [0.25, 0.3) is 0 Å². The van der Waals surface area contributed by atoms with E-state index in [1.807, 2.05) is 0 Å². The predicted octanol–water partition coefficient (Wildman–Crippen LogP) is 14.9. The van der Waals surface area contributed by atoms with Crippen molar-refractivity contribution in [3.8, 4) is 0 Å². The molecule has 0 aromatic rings. The Morgan fingerprint density at radius 3 is 1.16 bits per heavy atom. The van der Waals surface area contributed by atoms with Crippen molar-refractivity contribution in [3.05, 3.63) is 0 Å². The van der Waals surface area contributed by atoms with Gasteiger partial charge >= 0.3 is 24.0 Å². The standard InChI is InChI=1S/C53H99NO9/c1-9-11-13-15-17-19-21-23-25-27-29-31-33-35-37-39-48(56)60-44-46(61-49(57)40-38-36-34-32-30-28-26-24-22-20-18-16-14-12-10-2)42-41-45(55)43-47(50(58)62-52(3,4)5)54-51(59)63-53(6,7)8/h46-47H,9-44H2,1-8H3,(H,54,59). The van der Waals surface area contributed by atoms with E-state index in [9.17, 15) is 24.0 Å². The first-order chi connectivity index (χ1) is 30.1. The number of unbranched alkanes of at least 4 members (excludes halogenated alkanes) is 28. The van der Waals surface area contributed by atoms with Crippen LogP contribution >= 0.6 is 0 Å². The molecule has 0 rings (SSSR count). The maximum atomic E-state index is 13.3. The number of carbonyl (C=O) groups is 5. The second-order valence-corrected chi connectivity index (χ2v) is 20.2. The SMILES string of the molecule is CCCCCCCCCCCCCCCCCC(=O)OCC(CCC(=O)CC(NC(=O)OC(C)(C)C)C(=O)OC(C)(C)C)OC(=O)CCCCCCCCCCCCCCCCC. The third-order valence-corrected chi connectivity index (χ3v) is 11.3. The fourth-order valence-corrected chi connectivity index (χ4v) is 7.63. The van der Waals surface area contributed by atoms with Crippen LogP contribution in [0, 0.1) is 0 Å². The average molecular weight is 894 g/mol. The van der Waals surface area contributed by atoms with Crippen molar-refractivity contribution in [2.24, 2.45) is 0 Å². The maximum absolute atomic E-state index is 13.3. The third kappa shape index (κ3) is 43.0. The Hall–Kier alpha value is -2.65. The summed E-state index contributed by atoms with van der Waals surface area (Å²) in [6, 6.07) is -1.26. The second-order valence-electron chi connectivity index (χ2n) is 20.2. The van der Waals surface area contributed by atoms with E-state index >= 15 is 0 Å². The summed E-state index contributed by atoms with van der Waals surface area (Å²) in [5.41, 5.74) is -1.64. The first-order valence-corrected chi connectivity index (χ1v) is 26.2. The number of ether oxygens (including phenoxy) is 4. The lowest BCUT2D eigenvalue weighted by Gasteiger charge is -2.26. The fourth-order valence-electron chi connectivity index (χ4n) is 7.63. The third-order valence-electron chi connectivity index (χ3n) is 11.3. The summed E-state index contributed by atoms with van der Waals surface area (Å²) in [5, 5.41) is 2.49. The molecule has 0 aliphatic carbocycles. The lowest BCUT2D eigenvalue weighted by Crippen LogP contribution is -2.47. The zero-order chi connectivity index (χ0) is 47.0. The molecule has 0 aromatic heterocycles. The van der Waals surface area contributed by atoms with Crippen LogP contribution in [0.5, 0.6) is 0 Å². The van der Waals surface area contributed by atoms with Gasteiger partial charge in [-0.1, -0.05) is 194 Å². The highest BCUT2D eigenvalue weighted by molar-refractivity contribution is 5.89. The molecule has 370 valence electrons. The number of carbonyl (C=O) groups excluding carboxylic acids is 5. The molecule has 0 fully saturated rings. The minimum Gasteiger partial charge on any atom is -0.462 e. The Morgan fingerprint density at radius 1 is 0.444 bits per heavy atom. The number of alkyl carbamates (subject to hydrolysis) is 1. The van der Waals surface area contributed by atoms with E-state index in [2.05, 4.69) is 19.2 Å². The molecule has 63 heavy (non-hydrogen) atoms. The number of ketones is 1. The Bertz CT molecular complexity index is 1160. The van der Waals surface area contributed by atoms with Gasteiger partial charge in [0.2, 0.25) is 0 Å². The highest BCUT2D eigenvalue weighted by Crippen LogP contribution is 2.18. The minimum absolute atomic E-state index is 0.0528. The largest absolute Gasteiger partial charge is 0.462 e. The molecule has 0 bridgehead atoms. The lowest BCUT2D eigenvalue weighted by atomic mass is 10.0. The van der Waals surface area contributed by atoms with Gasteiger partial charge < -0.3 is 24.3 Å². The Balaban J connectivity index is 4.88. The van der Waals surface area contributed by atoms with Crippen molar-refractivity contribution in [3.63, 3.8) is 0 Å². The molecule has 0 aliphatic rings. The minimum atomic E-state index is -1.26. The molecule has 0 heterocycles. The van der Waals surface area contributed by atoms with Crippen LogP contribution in [0.15, 0.2) is 0 Å². The van der Waals surface area contributed by atoms with Crippen molar-refractivity contribution >= 4 is 29.8 Å².